The summed E-state index contributed by atoms with van der Waals surface area (Å²) >= 11 is 0. The molecule has 4 nitrogen and oxygen atoms in total. The number of benzene rings is 1. The molecule has 1 fully saturated rings. The van der Waals surface area contributed by atoms with Crippen LogP contribution in [-0.4, -0.2) is 30.1 Å². The van der Waals surface area contributed by atoms with Gasteiger partial charge < -0.3 is 10.1 Å². The van der Waals surface area contributed by atoms with Crippen molar-refractivity contribution in [3.63, 3.8) is 0 Å². The fourth-order valence-electron chi connectivity index (χ4n) is 3.26. The number of hydrogen-bond acceptors (Lipinski definition) is 4. The molecule has 1 aromatic carbocycles. The van der Waals surface area contributed by atoms with Crippen LogP contribution in [0.5, 0.6) is 5.75 Å². The summed E-state index contributed by atoms with van der Waals surface area (Å²) in [6.07, 6.45) is 6.34. The third-order valence-electron chi connectivity index (χ3n) is 4.73. The maximum absolute atomic E-state index is 5.56. The van der Waals surface area contributed by atoms with Crippen LogP contribution < -0.4 is 10.1 Å². The normalized spacial score (nSPS) is 16.2. The Kier molecular flexibility index (Phi) is 5.83. The predicted octanol–water partition coefficient (Wildman–Crippen LogP) is 3.54. The first-order chi connectivity index (χ1) is 11.8. The van der Waals surface area contributed by atoms with Crippen LogP contribution in [0.25, 0.3) is 0 Å². The molecule has 1 aromatic heterocycles. The molecule has 128 valence electrons. The molecule has 1 aliphatic rings. The van der Waals surface area contributed by atoms with E-state index in [0.29, 0.717) is 0 Å². The number of likely N-dealkylation sites (tertiary alicyclic amines) is 1. The highest BCUT2D eigenvalue weighted by atomic mass is 16.5. The van der Waals surface area contributed by atoms with Gasteiger partial charge in [-0.3, -0.25) is 9.88 Å². The number of aromatic nitrogens is 1. The minimum Gasteiger partial charge on any atom is -0.496 e. The second-order valence-corrected chi connectivity index (χ2v) is 6.52. The van der Waals surface area contributed by atoms with E-state index in [4.69, 9.17) is 4.74 Å². The summed E-state index contributed by atoms with van der Waals surface area (Å²) in [7, 11) is 1.76. The summed E-state index contributed by atoms with van der Waals surface area (Å²) in [5.74, 6) is 0.991. The van der Waals surface area contributed by atoms with Crippen molar-refractivity contribution in [2.45, 2.75) is 38.9 Å². The van der Waals surface area contributed by atoms with Crippen molar-refractivity contribution in [3.8, 4) is 5.75 Å². The number of nitrogens with one attached hydrogen (secondary N) is 1. The highest BCUT2D eigenvalue weighted by Crippen LogP contribution is 2.26. The van der Waals surface area contributed by atoms with E-state index in [1.54, 1.807) is 13.3 Å². The van der Waals surface area contributed by atoms with Gasteiger partial charge >= 0.3 is 0 Å². The van der Waals surface area contributed by atoms with Gasteiger partial charge in [0.1, 0.15) is 5.75 Å². The van der Waals surface area contributed by atoms with E-state index < -0.39 is 0 Å². The molecule has 0 radical (unpaired) electrons. The summed E-state index contributed by atoms with van der Waals surface area (Å²) in [4.78, 5) is 6.68. The lowest BCUT2D eigenvalue weighted by atomic mass is 10.0. The quantitative estimate of drug-likeness (QED) is 0.845. The van der Waals surface area contributed by atoms with Crippen LogP contribution in [-0.2, 0) is 13.1 Å². The molecule has 0 saturated carbocycles. The number of rotatable bonds is 7. The minimum absolute atomic E-state index is 0.286. The van der Waals surface area contributed by atoms with Crippen LogP contribution in [0.15, 0.2) is 42.7 Å². The van der Waals surface area contributed by atoms with Gasteiger partial charge in [0.15, 0.2) is 0 Å². The molecule has 2 aromatic rings. The third-order valence-corrected chi connectivity index (χ3v) is 4.73. The Morgan fingerprint density at radius 1 is 1.25 bits per heavy atom. The summed E-state index contributed by atoms with van der Waals surface area (Å²) in [5, 5.41) is 3.58. The summed E-state index contributed by atoms with van der Waals surface area (Å²) < 4.78 is 5.56. The molecule has 1 saturated heterocycles. The van der Waals surface area contributed by atoms with Crippen LogP contribution in [0.2, 0.25) is 0 Å². The van der Waals surface area contributed by atoms with Crippen molar-refractivity contribution in [1.82, 2.24) is 15.2 Å². The van der Waals surface area contributed by atoms with Crippen molar-refractivity contribution in [1.29, 1.82) is 0 Å². The van der Waals surface area contributed by atoms with Crippen LogP contribution in [0.4, 0.5) is 0 Å². The Balaban J connectivity index is 1.67. The molecular formula is C20H27N3O. The summed E-state index contributed by atoms with van der Waals surface area (Å²) in [6.45, 7) is 6.40. The molecule has 0 unspecified atom stereocenters. The van der Waals surface area contributed by atoms with Crippen LogP contribution in [0.1, 0.15) is 42.5 Å². The highest BCUT2D eigenvalue weighted by Gasteiger charge is 2.16. The second kappa shape index (κ2) is 8.27. The molecule has 0 aliphatic carbocycles. The van der Waals surface area contributed by atoms with E-state index in [9.17, 15) is 0 Å². The molecule has 1 N–H and O–H groups in total. The molecule has 1 aliphatic heterocycles. The van der Waals surface area contributed by atoms with Gasteiger partial charge in [-0.2, -0.15) is 0 Å². The molecular weight excluding hydrogens is 298 g/mol. The Labute approximate surface area is 144 Å². The van der Waals surface area contributed by atoms with E-state index in [2.05, 4.69) is 46.4 Å². The third kappa shape index (κ3) is 4.34. The number of hydrogen-bond donors (Lipinski definition) is 1. The molecule has 1 atom stereocenters. The zero-order chi connectivity index (χ0) is 16.8. The number of pyridine rings is 1. The summed E-state index contributed by atoms with van der Waals surface area (Å²) in [6, 6.07) is 10.9. The van der Waals surface area contributed by atoms with E-state index in [0.717, 1.165) is 18.8 Å². The first-order valence-electron chi connectivity index (χ1n) is 8.77. The standard InChI is InChI=1S/C20H27N3O/c1-16(22-14-17-6-5-9-21-13-17)18-7-8-20(24-2)19(12-18)15-23-10-3-4-11-23/h5-9,12-13,16,22H,3-4,10-11,14-15H2,1-2H3/t16-/m0/s1. The van der Waals surface area contributed by atoms with Crippen molar-refractivity contribution in [2.75, 3.05) is 20.2 Å². The molecule has 2 heterocycles. The zero-order valence-electron chi connectivity index (χ0n) is 14.7. The van der Waals surface area contributed by atoms with Crippen molar-refractivity contribution < 1.29 is 4.74 Å². The van der Waals surface area contributed by atoms with Crippen LogP contribution >= 0.6 is 0 Å². The van der Waals surface area contributed by atoms with E-state index in [-0.39, 0.29) is 6.04 Å². The summed E-state index contributed by atoms with van der Waals surface area (Å²) in [5.41, 5.74) is 3.79. The van der Waals surface area contributed by atoms with Crippen molar-refractivity contribution >= 4 is 0 Å². The lowest BCUT2D eigenvalue weighted by molar-refractivity contribution is 0.320. The van der Waals surface area contributed by atoms with Crippen molar-refractivity contribution in [2.24, 2.45) is 0 Å². The van der Waals surface area contributed by atoms with Crippen LogP contribution in [0, 0.1) is 0 Å². The van der Waals surface area contributed by atoms with Gasteiger partial charge in [-0.05, 0) is 62.2 Å². The maximum Gasteiger partial charge on any atom is 0.123 e. The monoisotopic (exact) mass is 325 g/mol. The Bertz CT molecular complexity index is 639. The van der Waals surface area contributed by atoms with E-state index >= 15 is 0 Å². The SMILES string of the molecule is COc1ccc([C@H](C)NCc2cccnc2)cc1CN1CCCC1. The first-order valence-corrected chi connectivity index (χ1v) is 8.77. The topological polar surface area (TPSA) is 37.4 Å². The van der Waals surface area contributed by atoms with Crippen LogP contribution in [0.3, 0.4) is 0 Å². The Morgan fingerprint density at radius 3 is 2.79 bits per heavy atom. The smallest absolute Gasteiger partial charge is 0.123 e. The predicted molar refractivity (Wildman–Crippen MR) is 97.0 cm³/mol. The average molecular weight is 325 g/mol. The molecule has 3 rings (SSSR count). The average Bonchev–Trinajstić information content (AvgIpc) is 3.13. The van der Waals surface area contributed by atoms with Gasteiger partial charge in [-0.15, -0.1) is 0 Å². The molecule has 0 bridgehead atoms. The van der Waals surface area contributed by atoms with Gasteiger partial charge in [-0.25, -0.2) is 0 Å². The zero-order valence-corrected chi connectivity index (χ0v) is 14.7. The Hall–Kier alpha value is -1.91. The molecule has 0 spiro atoms. The molecule has 0 amide bonds. The van der Waals surface area contributed by atoms with Gasteiger partial charge in [0.2, 0.25) is 0 Å². The van der Waals surface area contributed by atoms with Crippen molar-refractivity contribution in [3.05, 3.63) is 59.4 Å². The fourth-order valence-corrected chi connectivity index (χ4v) is 3.26. The molecule has 4 heteroatoms. The highest BCUT2D eigenvalue weighted by molar-refractivity contribution is 5.38. The van der Waals surface area contributed by atoms with Gasteiger partial charge in [0.05, 0.1) is 7.11 Å². The second-order valence-electron chi connectivity index (χ2n) is 6.52. The number of ether oxygens (including phenoxy) is 1. The van der Waals surface area contributed by atoms with Gasteiger partial charge in [0.25, 0.3) is 0 Å². The Morgan fingerprint density at radius 2 is 2.08 bits per heavy atom. The first kappa shape index (κ1) is 16.9. The van der Waals surface area contributed by atoms with Gasteiger partial charge in [0, 0.05) is 37.1 Å². The largest absolute Gasteiger partial charge is 0.496 e. The lowest BCUT2D eigenvalue weighted by Crippen LogP contribution is -2.20. The number of methoxy groups -OCH3 is 1. The maximum atomic E-state index is 5.56. The van der Waals surface area contributed by atoms with E-state index in [1.807, 2.05) is 12.3 Å². The molecule has 24 heavy (non-hydrogen) atoms. The number of nitrogens with zero attached hydrogens (tertiary/aromatic N) is 2. The van der Waals surface area contributed by atoms with E-state index in [1.165, 1.54) is 42.6 Å². The minimum atomic E-state index is 0.286. The lowest BCUT2D eigenvalue weighted by Gasteiger charge is -2.20. The van der Waals surface area contributed by atoms with Gasteiger partial charge in [-0.1, -0.05) is 12.1 Å². The fraction of sp³-hybridized carbons (Fsp3) is 0.450.